The number of piperazine rings is 1. The van der Waals surface area contributed by atoms with Crippen LogP contribution in [0.4, 0.5) is 15.8 Å². The van der Waals surface area contributed by atoms with Crippen molar-refractivity contribution in [2.24, 2.45) is 10.9 Å². The van der Waals surface area contributed by atoms with Gasteiger partial charge in [-0.25, -0.2) is 4.39 Å². The Morgan fingerprint density at radius 1 is 1.16 bits per heavy atom. The van der Waals surface area contributed by atoms with Gasteiger partial charge in [-0.2, -0.15) is 5.26 Å². The Balaban J connectivity index is 1.25. The number of benzene rings is 2. The Morgan fingerprint density at radius 2 is 2.00 bits per heavy atom. The van der Waals surface area contributed by atoms with Crippen LogP contribution in [0.5, 0.6) is 0 Å². The number of aliphatic imine (C=N–C) groups is 1. The average Bonchev–Trinajstić information content (AvgIpc) is 2.80. The monoisotopic (exact) mass is 417 g/mol. The molecule has 1 unspecified atom stereocenters. The zero-order chi connectivity index (χ0) is 21.4. The van der Waals surface area contributed by atoms with Crippen LogP contribution in [0.2, 0.25) is 0 Å². The highest BCUT2D eigenvalue weighted by molar-refractivity contribution is 6.23. The summed E-state index contributed by atoms with van der Waals surface area (Å²) in [7, 11) is 0. The predicted octanol–water partition coefficient (Wildman–Crippen LogP) is 3.17. The molecule has 5 rings (SSSR count). The Bertz CT molecular complexity index is 1100. The number of carbonyl (C=O) groups excluding carboxylic acids is 1. The number of hydrogen-bond acceptors (Lipinski definition) is 5. The van der Waals surface area contributed by atoms with E-state index in [0.29, 0.717) is 11.3 Å². The van der Waals surface area contributed by atoms with Gasteiger partial charge in [0, 0.05) is 44.8 Å². The normalized spacial score (nSPS) is 20.9. The van der Waals surface area contributed by atoms with Crippen molar-refractivity contribution in [1.29, 1.82) is 5.26 Å². The first-order chi connectivity index (χ1) is 15.1. The van der Waals surface area contributed by atoms with Crippen molar-refractivity contribution in [3.63, 3.8) is 0 Å². The van der Waals surface area contributed by atoms with Crippen LogP contribution in [0, 0.1) is 23.1 Å². The van der Waals surface area contributed by atoms with Gasteiger partial charge in [-0.15, -0.1) is 0 Å². The van der Waals surface area contributed by atoms with Crippen molar-refractivity contribution in [3.05, 3.63) is 58.9 Å². The van der Waals surface area contributed by atoms with Gasteiger partial charge in [-0.3, -0.25) is 14.7 Å². The number of nitrogens with zero attached hydrogens (tertiary/aromatic N) is 4. The quantitative estimate of drug-likeness (QED) is 0.833. The molecular weight excluding hydrogens is 393 g/mol. The van der Waals surface area contributed by atoms with Crippen molar-refractivity contribution in [3.8, 4) is 6.07 Å². The number of nitrogens with one attached hydrogen (secondary N) is 1. The number of amides is 1. The van der Waals surface area contributed by atoms with E-state index >= 15 is 0 Å². The third-order valence-corrected chi connectivity index (χ3v) is 6.39. The van der Waals surface area contributed by atoms with E-state index in [1.165, 1.54) is 6.07 Å². The van der Waals surface area contributed by atoms with Crippen LogP contribution in [-0.2, 0) is 11.3 Å². The lowest BCUT2D eigenvalue weighted by molar-refractivity contribution is -0.118. The number of carbonyl (C=O) groups is 1. The van der Waals surface area contributed by atoms with E-state index in [9.17, 15) is 9.18 Å². The number of hydrogen-bond donors (Lipinski definition) is 1. The number of nitriles is 1. The molecule has 1 N–H and O–H groups in total. The molecule has 0 aromatic heterocycles. The third kappa shape index (κ3) is 3.79. The van der Waals surface area contributed by atoms with Crippen LogP contribution >= 0.6 is 0 Å². The van der Waals surface area contributed by atoms with Crippen LogP contribution in [0.1, 0.15) is 29.5 Å². The van der Waals surface area contributed by atoms with Gasteiger partial charge in [-0.05, 0) is 42.7 Å². The molecule has 0 spiro atoms. The minimum Gasteiger partial charge on any atom is -0.367 e. The molecule has 7 heteroatoms. The fourth-order valence-electron chi connectivity index (χ4n) is 4.74. The maximum Gasteiger partial charge on any atom is 0.233 e. The minimum absolute atomic E-state index is 0.0566. The Kier molecular flexibility index (Phi) is 5.16. The first kappa shape index (κ1) is 19.7. The summed E-state index contributed by atoms with van der Waals surface area (Å²) in [6.07, 6.45) is 1.84. The Hall–Kier alpha value is -3.24. The third-order valence-electron chi connectivity index (χ3n) is 6.39. The topological polar surface area (TPSA) is 71.7 Å². The van der Waals surface area contributed by atoms with Crippen molar-refractivity contribution in [2.75, 3.05) is 42.9 Å². The van der Waals surface area contributed by atoms with Crippen LogP contribution in [0.15, 0.2) is 41.4 Å². The van der Waals surface area contributed by atoms with Gasteiger partial charge in [-0.1, -0.05) is 12.1 Å². The van der Waals surface area contributed by atoms with Gasteiger partial charge in [0.25, 0.3) is 0 Å². The molecular formula is C24H24FN5O. The molecule has 3 aliphatic heterocycles. The van der Waals surface area contributed by atoms with Crippen LogP contribution < -0.4 is 10.2 Å². The Morgan fingerprint density at radius 3 is 2.77 bits per heavy atom. The van der Waals surface area contributed by atoms with Crippen molar-refractivity contribution in [2.45, 2.75) is 19.4 Å². The second kappa shape index (κ2) is 8.12. The van der Waals surface area contributed by atoms with Crippen molar-refractivity contribution in [1.82, 2.24) is 4.90 Å². The number of fused-ring (bicyclic) bond motifs is 3. The Labute approximate surface area is 181 Å². The standard InChI is InChI=1S/C24H24FN5O/c25-20-12-16(14-26)4-6-22(20)30-10-8-29(9-11-30)15-17-3-5-18-21(13-17)28-24(31)19-2-1-7-27-23(18)19/h3-6,12-13,19H,1-2,7-11,15H2,(H,28,31). The summed E-state index contributed by atoms with van der Waals surface area (Å²) in [5.74, 6) is -0.397. The first-order valence-corrected chi connectivity index (χ1v) is 10.8. The SMILES string of the molecule is N#Cc1ccc(N2CCN(Cc3ccc4c(c3)NC(=O)C3CCCN=C43)CC2)c(F)c1. The summed E-state index contributed by atoms with van der Waals surface area (Å²) < 4.78 is 14.3. The van der Waals surface area contributed by atoms with E-state index in [-0.39, 0.29) is 17.6 Å². The maximum absolute atomic E-state index is 14.3. The molecule has 2 aromatic rings. The predicted molar refractivity (Wildman–Crippen MR) is 118 cm³/mol. The fraction of sp³-hybridized carbons (Fsp3) is 0.375. The number of halogens is 1. The van der Waals surface area contributed by atoms with E-state index in [1.54, 1.807) is 12.1 Å². The van der Waals surface area contributed by atoms with Crippen LogP contribution in [0.3, 0.4) is 0 Å². The molecule has 1 saturated heterocycles. The van der Waals surface area contributed by atoms with E-state index < -0.39 is 0 Å². The summed E-state index contributed by atoms with van der Waals surface area (Å²) in [6.45, 7) is 4.66. The molecule has 1 atom stereocenters. The maximum atomic E-state index is 14.3. The molecule has 2 aromatic carbocycles. The molecule has 3 aliphatic rings. The van der Waals surface area contributed by atoms with Crippen LogP contribution in [-0.4, -0.2) is 49.2 Å². The first-order valence-electron chi connectivity index (χ1n) is 10.8. The van der Waals surface area contributed by atoms with Crippen molar-refractivity contribution >= 4 is 23.0 Å². The zero-order valence-electron chi connectivity index (χ0n) is 17.3. The van der Waals surface area contributed by atoms with E-state index in [4.69, 9.17) is 5.26 Å². The van der Waals surface area contributed by atoms with Gasteiger partial charge < -0.3 is 10.2 Å². The lowest BCUT2D eigenvalue weighted by Gasteiger charge is -2.36. The summed E-state index contributed by atoms with van der Waals surface area (Å²) in [5.41, 5.74) is 4.89. The molecule has 0 saturated carbocycles. The molecule has 1 fully saturated rings. The molecule has 6 nitrogen and oxygen atoms in total. The lowest BCUT2D eigenvalue weighted by atomic mass is 9.85. The second-order valence-corrected chi connectivity index (χ2v) is 8.37. The molecule has 0 radical (unpaired) electrons. The van der Waals surface area contributed by atoms with Gasteiger partial charge in [0.1, 0.15) is 5.82 Å². The summed E-state index contributed by atoms with van der Waals surface area (Å²) >= 11 is 0. The number of rotatable bonds is 3. The zero-order valence-corrected chi connectivity index (χ0v) is 17.3. The molecule has 0 bridgehead atoms. The summed E-state index contributed by atoms with van der Waals surface area (Å²) in [4.78, 5) is 21.5. The second-order valence-electron chi connectivity index (χ2n) is 8.37. The molecule has 3 heterocycles. The minimum atomic E-state index is -0.346. The molecule has 31 heavy (non-hydrogen) atoms. The summed E-state index contributed by atoms with van der Waals surface area (Å²) in [5, 5.41) is 12.0. The molecule has 1 amide bonds. The van der Waals surface area contributed by atoms with E-state index in [0.717, 1.165) is 74.6 Å². The molecule has 0 aliphatic carbocycles. The average molecular weight is 417 g/mol. The number of anilines is 2. The fourth-order valence-corrected chi connectivity index (χ4v) is 4.74. The molecule has 158 valence electrons. The van der Waals surface area contributed by atoms with E-state index in [1.807, 2.05) is 11.0 Å². The largest absolute Gasteiger partial charge is 0.367 e. The smallest absolute Gasteiger partial charge is 0.233 e. The summed E-state index contributed by atoms with van der Waals surface area (Å²) in [6, 6.07) is 12.9. The van der Waals surface area contributed by atoms with Gasteiger partial charge in [0.05, 0.1) is 34.6 Å². The highest BCUT2D eigenvalue weighted by Crippen LogP contribution is 2.32. The van der Waals surface area contributed by atoms with Crippen molar-refractivity contribution < 1.29 is 9.18 Å². The van der Waals surface area contributed by atoms with Gasteiger partial charge in [0.2, 0.25) is 5.91 Å². The lowest BCUT2D eigenvalue weighted by Crippen LogP contribution is -2.46. The van der Waals surface area contributed by atoms with Crippen LogP contribution in [0.25, 0.3) is 0 Å². The van der Waals surface area contributed by atoms with Gasteiger partial charge >= 0.3 is 0 Å². The highest BCUT2D eigenvalue weighted by atomic mass is 19.1. The van der Waals surface area contributed by atoms with Gasteiger partial charge in [0.15, 0.2) is 0 Å². The highest BCUT2D eigenvalue weighted by Gasteiger charge is 2.33. The van der Waals surface area contributed by atoms with E-state index in [2.05, 4.69) is 33.4 Å².